The molecule has 1 aliphatic rings. The van der Waals surface area contributed by atoms with Crippen molar-refractivity contribution in [2.45, 2.75) is 31.3 Å². The van der Waals surface area contributed by atoms with Crippen molar-refractivity contribution in [3.05, 3.63) is 107 Å². The van der Waals surface area contributed by atoms with Gasteiger partial charge in [0.25, 0.3) is 0 Å². The van der Waals surface area contributed by atoms with Crippen molar-refractivity contribution < 1.29 is 4.79 Å². The molecule has 0 N–H and O–H groups in total. The van der Waals surface area contributed by atoms with Gasteiger partial charge in [-0.1, -0.05) is 75.9 Å². The molecule has 0 spiro atoms. The molecule has 2 aromatic rings. The molecule has 0 bridgehead atoms. The van der Waals surface area contributed by atoms with Crippen LogP contribution in [0.3, 0.4) is 0 Å². The normalized spacial score (nSPS) is 21.3. The lowest BCUT2D eigenvalue weighted by atomic mass is 9.68. The molecule has 3 atom stereocenters. The van der Waals surface area contributed by atoms with Gasteiger partial charge in [-0.2, -0.15) is 0 Å². The first-order valence-corrected chi connectivity index (χ1v) is 10.1. The van der Waals surface area contributed by atoms with Gasteiger partial charge in [-0.15, -0.1) is 0 Å². The first-order chi connectivity index (χ1) is 16.5. The highest BCUT2D eigenvalue weighted by atomic mass is 16.1. The number of azide groups is 4. The van der Waals surface area contributed by atoms with E-state index >= 15 is 0 Å². The highest BCUT2D eigenvalue weighted by Gasteiger charge is 2.50. The molecule has 13 heteroatoms. The van der Waals surface area contributed by atoms with Gasteiger partial charge in [-0.05, 0) is 63.7 Å². The van der Waals surface area contributed by atoms with E-state index in [9.17, 15) is 15.9 Å². The summed E-state index contributed by atoms with van der Waals surface area (Å²) in [7, 11) is 0. The first kappa shape index (κ1) is 23.7. The lowest BCUT2D eigenvalue weighted by Crippen LogP contribution is -2.47. The van der Waals surface area contributed by atoms with Crippen molar-refractivity contribution in [2.75, 3.05) is 0 Å². The zero-order chi connectivity index (χ0) is 24.6. The van der Waals surface area contributed by atoms with E-state index in [4.69, 9.17) is 11.1 Å². The number of benzene rings is 2. The molecular formula is C21H18N12O. The van der Waals surface area contributed by atoms with Crippen LogP contribution in [0.2, 0.25) is 0 Å². The summed E-state index contributed by atoms with van der Waals surface area (Å²) in [6.45, 7) is 1.92. The summed E-state index contributed by atoms with van der Waals surface area (Å²) in [6, 6.07) is 11.7. The van der Waals surface area contributed by atoms with E-state index in [-0.39, 0.29) is 12.3 Å². The predicted octanol–water partition coefficient (Wildman–Crippen LogP) is 8.05. The number of hydrogen-bond donors (Lipinski definition) is 0. The van der Waals surface area contributed by atoms with Crippen molar-refractivity contribution in [1.82, 2.24) is 0 Å². The summed E-state index contributed by atoms with van der Waals surface area (Å²) in [6.07, 6.45) is 2.32. The number of hydrogen-bond acceptors (Lipinski definition) is 5. The van der Waals surface area contributed by atoms with Crippen molar-refractivity contribution in [3.8, 4) is 0 Å². The lowest BCUT2D eigenvalue weighted by Gasteiger charge is -2.40. The van der Waals surface area contributed by atoms with Gasteiger partial charge >= 0.3 is 0 Å². The van der Waals surface area contributed by atoms with Gasteiger partial charge in [-0.25, -0.2) is 0 Å². The summed E-state index contributed by atoms with van der Waals surface area (Å²) in [4.78, 5) is 25.1. The average molecular weight is 454 g/mol. The predicted molar refractivity (Wildman–Crippen MR) is 126 cm³/mol. The molecular weight excluding hydrogens is 436 g/mol. The molecule has 0 radical (unpaired) electrons. The zero-order valence-electron chi connectivity index (χ0n) is 18.0. The molecule has 3 rings (SSSR count). The molecule has 3 unspecified atom stereocenters. The molecule has 34 heavy (non-hydrogen) atoms. The van der Waals surface area contributed by atoms with E-state index in [0.29, 0.717) is 34.5 Å². The number of ketones is 1. The molecule has 0 aromatic heterocycles. The minimum absolute atomic E-state index is 0.0595. The maximum atomic E-state index is 13.8. The van der Waals surface area contributed by atoms with Crippen LogP contribution in [0, 0.1) is 5.92 Å². The molecule has 0 heterocycles. The quantitative estimate of drug-likeness (QED) is 0.172. The third-order valence-electron chi connectivity index (χ3n) is 5.52. The van der Waals surface area contributed by atoms with Crippen molar-refractivity contribution in [1.29, 1.82) is 0 Å². The third kappa shape index (κ3) is 4.94. The van der Waals surface area contributed by atoms with Crippen LogP contribution in [0.5, 0.6) is 0 Å². The Hall–Kier alpha value is -4.91. The van der Waals surface area contributed by atoms with E-state index in [1.807, 2.05) is 6.92 Å². The van der Waals surface area contributed by atoms with Gasteiger partial charge in [0.1, 0.15) is 5.54 Å². The number of nitrogens with zero attached hydrogens (tertiary/aromatic N) is 12. The number of rotatable bonds is 7. The largest absolute Gasteiger partial charge is 0.294 e. The summed E-state index contributed by atoms with van der Waals surface area (Å²) < 4.78 is 0. The van der Waals surface area contributed by atoms with E-state index in [1.165, 1.54) is 12.1 Å². The van der Waals surface area contributed by atoms with Crippen LogP contribution < -0.4 is 0 Å². The maximum Gasteiger partial charge on any atom is 0.171 e. The first-order valence-electron chi connectivity index (χ1n) is 10.1. The van der Waals surface area contributed by atoms with Gasteiger partial charge in [0.2, 0.25) is 0 Å². The summed E-state index contributed by atoms with van der Waals surface area (Å²) in [5.74, 6) is -0.491. The van der Waals surface area contributed by atoms with Crippen LogP contribution >= 0.6 is 0 Å². The topological polar surface area (TPSA) is 212 Å². The fourth-order valence-electron chi connectivity index (χ4n) is 4.18. The minimum atomic E-state index is -1.67. The van der Waals surface area contributed by atoms with Crippen LogP contribution in [0.4, 0.5) is 11.4 Å². The van der Waals surface area contributed by atoms with Gasteiger partial charge in [0.15, 0.2) is 5.78 Å². The Morgan fingerprint density at radius 1 is 0.912 bits per heavy atom. The Kier molecular flexibility index (Phi) is 7.41. The zero-order valence-corrected chi connectivity index (χ0v) is 18.0. The molecule has 168 valence electrons. The average Bonchev–Trinajstić information content (AvgIpc) is 2.83. The summed E-state index contributed by atoms with van der Waals surface area (Å²) in [5, 5.41) is 14.8. The second-order valence-corrected chi connectivity index (χ2v) is 7.80. The Labute approximate surface area is 193 Å². The van der Waals surface area contributed by atoms with E-state index in [1.54, 1.807) is 42.5 Å². The molecule has 2 aromatic carbocycles. The fraction of sp³-hybridized carbons (Fsp3) is 0.286. The Balaban J connectivity index is 2.12. The third-order valence-corrected chi connectivity index (χ3v) is 5.52. The van der Waals surface area contributed by atoms with Crippen molar-refractivity contribution in [2.24, 2.45) is 26.4 Å². The van der Waals surface area contributed by atoms with E-state index < -0.39 is 17.4 Å². The smallest absolute Gasteiger partial charge is 0.171 e. The Morgan fingerprint density at radius 2 is 1.50 bits per heavy atom. The van der Waals surface area contributed by atoms with Crippen LogP contribution in [-0.2, 0) is 4.79 Å². The van der Waals surface area contributed by atoms with Crippen LogP contribution in [0.15, 0.2) is 74.6 Å². The van der Waals surface area contributed by atoms with E-state index in [2.05, 4.69) is 40.1 Å². The summed E-state index contributed by atoms with van der Waals surface area (Å²) in [5.41, 5.74) is 36.5. The maximum absolute atomic E-state index is 13.8. The van der Waals surface area contributed by atoms with Crippen molar-refractivity contribution in [3.63, 3.8) is 0 Å². The highest BCUT2D eigenvalue weighted by molar-refractivity contribution is 6.07. The SMILES string of the molecule is CC1CC(=Cc2ccc(N=[N+]=[N-])cc2)C(=O)C(N=[N+]=[N-])(C(N=[N+]=[N-])c2ccc(N=[N+]=[N-])cc2)C1. The molecule has 1 saturated carbocycles. The molecule has 0 aliphatic heterocycles. The van der Waals surface area contributed by atoms with Gasteiger partial charge in [0.05, 0.1) is 6.04 Å². The highest BCUT2D eigenvalue weighted by Crippen LogP contribution is 2.46. The van der Waals surface area contributed by atoms with Gasteiger partial charge in [0, 0.05) is 31.0 Å². The molecule has 0 saturated heterocycles. The standard InChI is InChI=1S/C21H18N12O/c1-13-10-16(11-14-2-6-17(7-3-14)26-30-22)20(34)21(12-13,29-33-25)19(28-32-24)15-4-8-18(9-5-15)27-31-23/h2-9,11,13,19H,10,12H2,1H3. The molecule has 1 fully saturated rings. The lowest BCUT2D eigenvalue weighted by molar-refractivity contribution is -0.123. The molecule has 0 amide bonds. The Morgan fingerprint density at radius 3 is 2.03 bits per heavy atom. The number of Topliss-reactive ketones (excluding diaryl/α,β-unsaturated/α-hetero) is 1. The van der Waals surface area contributed by atoms with Crippen molar-refractivity contribution >= 4 is 23.2 Å². The number of carbonyl (C=O) groups excluding carboxylic acids is 1. The van der Waals surface area contributed by atoms with E-state index in [0.717, 1.165) is 0 Å². The van der Waals surface area contributed by atoms with Gasteiger partial charge in [-0.3, -0.25) is 4.79 Å². The minimum Gasteiger partial charge on any atom is -0.294 e. The summed E-state index contributed by atoms with van der Waals surface area (Å²) >= 11 is 0. The monoisotopic (exact) mass is 454 g/mol. The van der Waals surface area contributed by atoms with Crippen LogP contribution in [0.1, 0.15) is 36.9 Å². The Bertz CT molecular complexity index is 1310. The second kappa shape index (κ2) is 10.6. The van der Waals surface area contributed by atoms with Gasteiger partial charge < -0.3 is 0 Å². The van der Waals surface area contributed by atoms with Crippen LogP contribution in [0.25, 0.3) is 47.8 Å². The molecule has 1 aliphatic carbocycles. The number of carbonyl (C=O) groups is 1. The second-order valence-electron chi connectivity index (χ2n) is 7.80. The fourth-order valence-corrected chi connectivity index (χ4v) is 4.18. The van der Waals surface area contributed by atoms with Crippen LogP contribution in [-0.4, -0.2) is 11.3 Å². The molecule has 13 nitrogen and oxygen atoms in total.